The zero-order valence-corrected chi connectivity index (χ0v) is 7.40. The molecule has 0 atom stereocenters. The zero-order valence-electron chi connectivity index (χ0n) is 7.40. The summed E-state index contributed by atoms with van der Waals surface area (Å²) in [5, 5.41) is 12.4. The highest BCUT2D eigenvalue weighted by Crippen LogP contribution is 2.18. The molecule has 5 nitrogen and oxygen atoms in total. The standard InChI is InChI=1S/C8H8N4O/c1-3-12-5(2)10-8-7(12)6(4-9)13-11-8/h3H2,1-2H3. The zero-order chi connectivity index (χ0) is 9.42. The molecule has 0 radical (unpaired) electrons. The molecule has 66 valence electrons. The van der Waals surface area contributed by atoms with Crippen molar-refractivity contribution in [3.05, 3.63) is 11.6 Å². The second kappa shape index (κ2) is 2.59. The Bertz CT molecular complexity index is 488. The van der Waals surface area contributed by atoms with Crippen LogP contribution < -0.4 is 0 Å². The lowest BCUT2D eigenvalue weighted by Crippen LogP contribution is -1.97. The highest BCUT2D eigenvalue weighted by molar-refractivity contribution is 5.76. The van der Waals surface area contributed by atoms with E-state index < -0.39 is 0 Å². The van der Waals surface area contributed by atoms with Crippen LogP contribution in [-0.2, 0) is 6.54 Å². The number of aryl methyl sites for hydroxylation is 2. The van der Waals surface area contributed by atoms with Crippen molar-refractivity contribution < 1.29 is 4.52 Å². The van der Waals surface area contributed by atoms with E-state index in [1.165, 1.54) is 0 Å². The molecule has 0 unspecified atom stereocenters. The van der Waals surface area contributed by atoms with Gasteiger partial charge in [0, 0.05) is 6.54 Å². The molecule has 0 bridgehead atoms. The average molecular weight is 176 g/mol. The van der Waals surface area contributed by atoms with Gasteiger partial charge in [-0.1, -0.05) is 5.16 Å². The summed E-state index contributed by atoms with van der Waals surface area (Å²) in [5.41, 5.74) is 1.21. The van der Waals surface area contributed by atoms with Crippen molar-refractivity contribution in [2.24, 2.45) is 0 Å². The van der Waals surface area contributed by atoms with Crippen LogP contribution in [0.2, 0.25) is 0 Å². The molecule has 0 aliphatic carbocycles. The Balaban J connectivity index is 2.86. The quantitative estimate of drug-likeness (QED) is 0.655. The number of hydrogen-bond acceptors (Lipinski definition) is 4. The highest BCUT2D eigenvalue weighted by Gasteiger charge is 2.15. The van der Waals surface area contributed by atoms with Gasteiger partial charge in [0.1, 0.15) is 17.4 Å². The van der Waals surface area contributed by atoms with Crippen molar-refractivity contribution >= 4 is 11.2 Å². The molecule has 2 heterocycles. The van der Waals surface area contributed by atoms with E-state index in [-0.39, 0.29) is 5.76 Å². The summed E-state index contributed by atoms with van der Waals surface area (Å²) in [6.07, 6.45) is 0. The molecule has 2 rings (SSSR count). The molecule has 0 saturated heterocycles. The summed E-state index contributed by atoms with van der Waals surface area (Å²) in [6.45, 7) is 4.63. The SMILES string of the molecule is CCn1c(C)nc2noc(C#N)c21. The van der Waals surface area contributed by atoms with Gasteiger partial charge in [0.25, 0.3) is 5.76 Å². The number of nitriles is 1. The first kappa shape index (κ1) is 7.80. The van der Waals surface area contributed by atoms with Gasteiger partial charge in [-0.2, -0.15) is 5.26 Å². The summed E-state index contributed by atoms with van der Waals surface area (Å²) in [4.78, 5) is 4.16. The van der Waals surface area contributed by atoms with Crippen LogP contribution in [0.5, 0.6) is 0 Å². The third kappa shape index (κ3) is 0.920. The van der Waals surface area contributed by atoms with Gasteiger partial charge < -0.3 is 9.09 Å². The maximum atomic E-state index is 8.73. The molecule has 0 spiro atoms. The highest BCUT2D eigenvalue weighted by atomic mass is 16.5. The lowest BCUT2D eigenvalue weighted by molar-refractivity contribution is 0.414. The Kier molecular flexibility index (Phi) is 1.55. The number of nitrogens with zero attached hydrogens (tertiary/aromatic N) is 4. The summed E-state index contributed by atoms with van der Waals surface area (Å²) < 4.78 is 6.71. The van der Waals surface area contributed by atoms with Crippen molar-refractivity contribution in [2.75, 3.05) is 0 Å². The van der Waals surface area contributed by atoms with E-state index in [1.807, 2.05) is 24.5 Å². The molecule has 2 aromatic heterocycles. The van der Waals surface area contributed by atoms with Crippen LogP contribution in [0.25, 0.3) is 11.2 Å². The first-order valence-electron chi connectivity index (χ1n) is 4.00. The van der Waals surface area contributed by atoms with Gasteiger partial charge in [-0.15, -0.1) is 0 Å². The van der Waals surface area contributed by atoms with Crippen LogP contribution in [0.1, 0.15) is 18.5 Å². The average Bonchev–Trinajstić information content (AvgIpc) is 2.62. The van der Waals surface area contributed by atoms with Crippen LogP contribution in [-0.4, -0.2) is 14.7 Å². The van der Waals surface area contributed by atoms with Crippen LogP contribution >= 0.6 is 0 Å². The third-order valence-electron chi connectivity index (χ3n) is 2.00. The van der Waals surface area contributed by atoms with Gasteiger partial charge in [-0.3, -0.25) is 0 Å². The molecule has 0 N–H and O–H groups in total. The second-order valence-corrected chi connectivity index (χ2v) is 2.70. The van der Waals surface area contributed by atoms with E-state index in [2.05, 4.69) is 10.1 Å². The van der Waals surface area contributed by atoms with Gasteiger partial charge in [-0.05, 0) is 13.8 Å². The van der Waals surface area contributed by atoms with Crippen LogP contribution in [0.4, 0.5) is 0 Å². The fourth-order valence-corrected chi connectivity index (χ4v) is 1.43. The van der Waals surface area contributed by atoms with E-state index in [4.69, 9.17) is 9.78 Å². The van der Waals surface area contributed by atoms with Crippen molar-refractivity contribution in [3.8, 4) is 6.07 Å². The topological polar surface area (TPSA) is 67.6 Å². The van der Waals surface area contributed by atoms with Gasteiger partial charge in [0.2, 0.25) is 5.65 Å². The molecule has 2 aromatic rings. The molecular weight excluding hydrogens is 168 g/mol. The molecule has 0 aromatic carbocycles. The monoisotopic (exact) mass is 176 g/mol. The largest absolute Gasteiger partial charge is 0.341 e. The van der Waals surface area contributed by atoms with Crippen LogP contribution in [0.3, 0.4) is 0 Å². The second-order valence-electron chi connectivity index (χ2n) is 2.70. The van der Waals surface area contributed by atoms with E-state index in [0.29, 0.717) is 11.2 Å². The molecule has 0 saturated carbocycles. The summed E-state index contributed by atoms with van der Waals surface area (Å²) in [6, 6.07) is 1.95. The van der Waals surface area contributed by atoms with Gasteiger partial charge in [0.05, 0.1) is 0 Å². The fraction of sp³-hybridized carbons (Fsp3) is 0.375. The van der Waals surface area contributed by atoms with E-state index in [1.54, 1.807) is 0 Å². The Morgan fingerprint density at radius 1 is 1.62 bits per heavy atom. The molecular formula is C8H8N4O. The smallest absolute Gasteiger partial charge is 0.262 e. The maximum absolute atomic E-state index is 8.73. The molecule has 0 aliphatic heterocycles. The Labute approximate surface area is 74.6 Å². The molecule has 0 fully saturated rings. The Morgan fingerprint density at radius 2 is 2.38 bits per heavy atom. The fourth-order valence-electron chi connectivity index (χ4n) is 1.43. The van der Waals surface area contributed by atoms with Crippen LogP contribution in [0, 0.1) is 18.3 Å². The number of aromatic nitrogens is 3. The van der Waals surface area contributed by atoms with Crippen molar-refractivity contribution in [1.82, 2.24) is 14.7 Å². The molecule has 0 amide bonds. The van der Waals surface area contributed by atoms with Gasteiger partial charge >= 0.3 is 0 Å². The lowest BCUT2D eigenvalue weighted by atomic mass is 10.4. The normalized spacial score (nSPS) is 10.5. The van der Waals surface area contributed by atoms with Crippen LogP contribution in [0.15, 0.2) is 4.52 Å². The van der Waals surface area contributed by atoms with Gasteiger partial charge in [0.15, 0.2) is 0 Å². The van der Waals surface area contributed by atoms with Crippen molar-refractivity contribution in [2.45, 2.75) is 20.4 Å². The molecule has 5 heteroatoms. The summed E-state index contributed by atoms with van der Waals surface area (Å²) >= 11 is 0. The number of hydrogen-bond donors (Lipinski definition) is 0. The first-order chi connectivity index (χ1) is 6.27. The van der Waals surface area contributed by atoms with Gasteiger partial charge in [-0.25, -0.2) is 4.98 Å². The Morgan fingerprint density at radius 3 is 3.00 bits per heavy atom. The summed E-state index contributed by atoms with van der Waals surface area (Å²) in [5.74, 6) is 1.09. The minimum Gasteiger partial charge on any atom is -0.341 e. The maximum Gasteiger partial charge on any atom is 0.262 e. The van der Waals surface area contributed by atoms with Crippen molar-refractivity contribution in [1.29, 1.82) is 5.26 Å². The minimum atomic E-state index is 0.234. The molecule has 0 aliphatic rings. The number of fused-ring (bicyclic) bond motifs is 1. The number of rotatable bonds is 1. The van der Waals surface area contributed by atoms with Crippen molar-refractivity contribution in [3.63, 3.8) is 0 Å². The van der Waals surface area contributed by atoms with E-state index >= 15 is 0 Å². The Hall–Kier alpha value is -1.83. The summed E-state index contributed by atoms with van der Waals surface area (Å²) in [7, 11) is 0. The molecule has 13 heavy (non-hydrogen) atoms. The predicted molar refractivity (Wildman–Crippen MR) is 44.9 cm³/mol. The van der Waals surface area contributed by atoms with E-state index in [9.17, 15) is 0 Å². The first-order valence-corrected chi connectivity index (χ1v) is 4.00. The predicted octanol–water partition coefficient (Wildman–Crippen LogP) is 1.22. The minimum absolute atomic E-state index is 0.234. The lowest BCUT2D eigenvalue weighted by Gasteiger charge is -1.98. The third-order valence-corrected chi connectivity index (χ3v) is 2.00. The van der Waals surface area contributed by atoms with E-state index in [0.717, 1.165) is 12.4 Å². The number of imidazole rings is 1.